The van der Waals surface area contributed by atoms with Gasteiger partial charge >= 0.3 is 0 Å². The Morgan fingerprint density at radius 2 is 1.55 bits per heavy atom. The molecule has 0 aromatic heterocycles. The monoisotopic (exact) mass is 441 g/mol. The molecule has 33 heavy (non-hydrogen) atoms. The van der Waals surface area contributed by atoms with Gasteiger partial charge in [0.05, 0.1) is 18.4 Å². The molecule has 0 bridgehead atoms. The highest BCUT2D eigenvalue weighted by atomic mass is 16.5. The van der Waals surface area contributed by atoms with Crippen molar-refractivity contribution in [3.8, 4) is 5.75 Å². The first-order chi connectivity index (χ1) is 16.2. The third kappa shape index (κ3) is 4.60. The summed E-state index contributed by atoms with van der Waals surface area (Å²) in [6, 6.07) is 26.9. The standard InChI is InChI=1S/C28H31N3O2/c1-33-24-12-13-26-25(20-24)28(32)29-27(23-10-6-3-7-11-23)31(26)19-18-30-16-14-22(15-17-30)21-8-4-2-5-9-21/h2-13,20,22,27H,14-19H2,1H3,(H,29,32). The van der Waals surface area contributed by atoms with E-state index in [-0.39, 0.29) is 12.1 Å². The molecule has 0 saturated carbocycles. The van der Waals surface area contributed by atoms with Crippen LogP contribution in [0.3, 0.4) is 0 Å². The highest BCUT2D eigenvalue weighted by molar-refractivity contribution is 6.02. The minimum Gasteiger partial charge on any atom is -0.497 e. The van der Waals surface area contributed by atoms with E-state index < -0.39 is 0 Å². The molecule has 3 aromatic carbocycles. The molecule has 3 aromatic rings. The number of benzene rings is 3. The second kappa shape index (κ2) is 9.67. The zero-order valence-electron chi connectivity index (χ0n) is 19.1. The van der Waals surface area contributed by atoms with Crippen molar-refractivity contribution in [2.45, 2.75) is 24.9 Å². The largest absolute Gasteiger partial charge is 0.497 e. The fourth-order valence-electron chi connectivity index (χ4n) is 5.11. The summed E-state index contributed by atoms with van der Waals surface area (Å²) in [6.45, 7) is 4.01. The fraction of sp³-hybridized carbons (Fsp3) is 0.321. The lowest BCUT2D eigenvalue weighted by Crippen LogP contribution is -2.49. The average molecular weight is 442 g/mol. The van der Waals surface area contributed by atoms with Gasteiger partial charge in [-0.1, -0.05) is 60.7 Å². The smallest absolute Gasteiger partial charge is 0.255 e. The molecule has 0 spiro atoms. The Morgan fingerprint density at radius 3 is 2.21 bits per heavy atom. The van der Waals surface area contributed by atoms with Gasteiger partial charge in [0.1, 0.15) is 11.9 Å². The van der Waals surface area contributed by atoms with Crippen LogP contribution in [0, 0.1) is 0 Å². The van der Waals surface area contributed by atoms with E-state index >= 15 is 0 Å². The lowest BCUT2D eigenvalue weighted by molar-refractivity contribution is 0.0924. The maximum absolute atomic E-state index is 13.0. The van der Waals surface area contributed by atoms with Crippen molar-refractivity contribution in [2.75, 3.05) is 38.2 Å². The summed E-state index contributed by atoms with van der Waals surface area (Å²) in [5, 5.41) is 3.22. The molecule has 2 aliphatic rings. The van der Waals surface area contributed by atoms with E-state index in [1.54, 1.807) is 7.11 Å². The van der Waals surface area contributed by atoms with Gasteiger partial charge in [0.15, 0.2) is 0 Å². The van der Waals surface area contributed by atoms with Crippen LogP contribution >= 0.6 is 0 Å². The number of likely N-dealkylation sites (tertiary alicyclic amines) is 1. The first kappa shape index (κ1) is 21.5. The van der Waals surface area contributed by atoms with E-state index in [1.807, 2.05) is 36.4 Å². The van der Waals surface area contributed by atoms with Gasteiger partial charge in [-0.3, -0.25) is 4.79 Å². The summed E-state index contributed by atoms with van der Waals surface area (Å²) in [5.74, 6) is 1.30. The molecule has 1 saturated heterocycles. The highest BCUT2D eigenvalue weighted by Gasteiger charge is 2.32. The van der Waals surface area contributed by atoms with Crippen molar-refractivity contribution >= 4 is 11.6 Å². The number of hydrogen-bond donors (Lipinski definition) is 1. The number of nitrogens with one attached hydrogen (secondary N) is 1. The molecule has 1 fully saturated rings. The topological polar surface area (TPSA) is 44.8 Å². The third-order valence-corrected chi connectivity index (χ3v) is 6.97. The van der Waals surface area contributed by atoms with Gasteiger partial charge in [0.2, 0.25) is 0 Å². The molecule has 2 heterocycles. The van der Waals surface area contributed by atoms with Gasteiger partial charge in [-0.2, -0.15) is 0 Å². The molecule has 0 aliphatic carbocycles. The second-order valence-electron chi connectivity index (χ2n) is 8.89. The van der Waals surface area contributed by atoms with Crippen LogP contribution in [0.5, 0.6) is 5.75 Å². The lowest BCUT2D eigenvalue weighted by Gasteiger charge is -2.41. The summed E-state index contributed by atoms with van der Waals surface area (Å²) in [7, 11) is 1.63. The predicted octanol–water partition coefficient (Wildman–Crippen LogP) is 4.82. The number of amides is 1. The van der Waals surface area contributed by atoms with Crippen molar-refractivity contribution in [1.82, 2.24) is 10.2 Å². The average Bonchev–Trinajstić information content (AvgIpc) is 2.89. The predicted molar refractivity (Wildman–Crippen MR) is 132 cm³/mol. The Hall–Kier alpha value is -3.31. The molecular formula is C28H31N3O2. The summed E-state index contributed by atoms with van der Waals surface area (Å²) in [4.78, 5) is 17.8. The normalized spacial score (nSPS) is 19.1. The third-order valence-electron chi connectivity index (χ3n) is 6.97. The van der Waals surface area contributed by atoms with Gasteiger partial charge in [0.25, 0.3) is 5.91 Å². The van der Waals surface area contributed by atoms with Gasteiger partial charge in [-0.05, 0) is 61.2 Å². The first-order valence-corrected chi connectivity index (χ1v) is 11.8. The highest BCUT2D eigenvalue weighted by Crippen LogP contribution is 2.35. The van der Waals surface area contributed by atoms with Crippen molar-refractivity contribution in [3.05, 3.63) is 95.6 Å². The number of methoxy groups -OCH3 is 1. The van der Waals surface area contributed by atoms with Crippen LogP contribution in [-0.2, 0) is 0 Å². The number of fused-ring (bicyclic) bond motifs is 1. The number of carbonyl (C=O) groups is 1. The summed E-state index contributed by atoms with van der Waals surface area (Å²) in [6.07, 6.45) is 2.20. The fourth-order valence-corrected chi connectivity index (χ4v) is 5.11. The van der Waals surface area contributed by atoms with Crippen LogP contribution in [0.25, 0.3) is 0 Å². The summed E-state index contributed by atoms with van der Waals surface area (Å²) < 4.78 is 5.37. The van der Waals surface area contributed by atoms with E-state index in [1.165, 1.54) is 18.4 Å². The first-order valence-electron chi connectivity index (χ1n) is 11.8. The van der Waals surface area contributed by atoms with Gasteiger partial charge < -0.3 is 19.9 Å². The van der Waals surface area contributed by atoms with Crippen LogP contribution < -0.4 is 15.0 Å². The molecule has 170 valence electrons. The van der Waals surface area contributed by atoms with Crippen LogP contribution in [0.15, 0.2) is 78.9 Å². The van der Waals surface area contributed by atoms with Crippen LogP contribution in [0.1, 0.15) is 46.4 Å². The molecule has 5 nitrogen and oxygen atoms in total. The Bertz CT molecular complexity index is 1080. The molecule has 1 amide bonds. The number of anilines is 1. The molecule has 2 aliphatic heterocycles. The van der Waals surface area contributed by atoms with E-state index in [9.17, 15) is 4.79 Å². The molecule has 5 heteroatoms. The quantitative estimate of drug-likeness (QED) is 0.596. The molecule has 1 unspecified atom stereocenters. The Kier molecular flexibility index (Phi) is 6.31. The van der Waals surface area contributed by atoms with E-state index in [4.69, 9.17) is 4.74 Å². The zero-order valence-corrected chi connectivity index (χ0v) is 19.1. The lowest BCUT2D eigenvalue weighted by atomic mass is 9.89. The maximum Gasteiger partial charge on any atom is 0.255 e. The summed E-state index contributed by atoms with van der Waals surface area (Å²) >= 11 is 0. The SMILES string of the molecule is COc1ccc2c(c1)C(=O)NC(c1ccccc1)N2CCN1CCC(c2ccccc2)CC1. The van der Waals surface area contributed by atoms with Crippen LogP contribution in [-0.4, -0.2) is 44.1 Å². The molecular weight excluding hydrogens is 410 g/mol. The van der Waals surface area contributed by atoms with Gasteiger partial charge in [-0.15, -0.1) is 0 Å². The Labute approximate surface area is 196 Å². The minimum absolute atomic E-state index is 0.0577. The van der Waals surface area contributed by atoms with E-state index in [0.717, 1.165) is 37.4 Å². The Balaban J connectivity index is 1.32. The molecule has 1 atom stereocenters. The number of piperidine rings is 1. The van der Waals surface area contributed by atoms with E-state index in [0.29, 0.717) is 17.2 Å². The maximum atomic E-state index is 13.0. The number of rotatable bonds is 6. The van der Waals surface area contributed by atoms with Gasteiger partial charge in [-0.25, -0.2) is 0 Å². The van der Waals surface area contributed by atoms with Crippen LogP contribution in [0.4, 0.5) is 5.69 Å². The van der Waals surface area contributed by atoms with E-state index in [2.05, 4.69) is 57.6 Å². The zero-order chi connectivity index (χ0) is 22.6. The van der Waals surface area contributed by atoms with Crippen LogP contribution in [0.2, 0.25) is 0 Å². The molecule has 0 radical (unpaired) electrons. The number of nitrogens with zero attached hydrogens (tertiary/aromatic N) is 2. The van der Waals surface area contributed by atoms with Crippen molar-refractivity contribution in [1.29, 1.82) is 0 Å². The van der Waals surface area contributed by atoms with Crippen molar-refractivity contribution < 1.29 is 9.53 Å². The van der Waals surface area contributed by atoms with Crippen molar-refractivity contribution in [3.63, 3.8) is 0 Å². The Morgan fingerprint density at radius 1 is 0.879 bits per heavy atom. The summed E-state index contributed by atoms with van der Waals surface area (Å²) in [5.41, 5.74) is 4.19. The minimum atomic E-state index is -0.179. The number of ether oxygens (including phenoxy) is 1. The second-order valence-corrected chi connectivity index (χ2v) is 8.89. The van der Waals surface area contributed by atoms with Crippen molar-refractivity contribution in [2.24, 2.45) is 0 Å². The number of hydrogen-bond acceptors (Lipinski definition) is 4. The van der Waals surface area contributed by atoms with Gasteiger partial charge in [0, 0.05) is 13.1 Å². The molecule has 5 rings (SSSR count). The molecule has 1 N–H and O–H groups in total. The number of carbonyl (C=O) groups excluding carboxylic acids is 1.